The van der Waals surface area contributed by atoms with Crippen molar-refractivity contribution in [1.29, 1.82) is 0 Å². The highest BCUT2D eigenvalue weighted by molar-refractivity contribution is 5.95. The predicted octanol–water partition coefficient (Wildman–Crippen LogP) is 6.56. The second-order valence-corrected chi connectivity index (χ2v) is 10.2. The van der Waals surface area contributed by atoms with Crippen LogP contribution < -0.4 is 5.32 Å². The fraction of sp³-hybridized carbons (Fsp3) is 0.290. The lowest BCUT2D eigenvalue weighted by Crippen LogP contribution is -2.29. The van der Waals surface area contributed by atoms with E-state index in [0.717, 1.165) is 34.5 Å². The van der Waals surface area contributed by atoms with Crippen molar-refractivity contribution in [1.82, 2.24) is 29.7 Å². The second kappa shape index (κ2) is 10.4. The van der Waals surface area contributed by atoms with Crippen molar-refractivity contribution in [3.05, 3.63) is 94.7 Å². The minimum Gasteiger partial charge on any atom is -0.344 e. The molecule has 200 valence electrons. The van der Waals surface area contributed by atoms with Gasteiger partial charge in [-0.1, -0.05) is 38.1 Å². The Kier molecular flexibility index (Phi) is 7.04. The molecule has 0 aliphatic rings. The van der Waals surface area contributed by atoms with Crippen molar-refractivity contribution in [2.45, 2.75) is 53.0 Å². The maximum atomic E-state index is 13.7. The normalized spacial score (nSPS) is 13.0. The molecule has 0 radical (unpaired) electrons. The number of benzene rings is 2. The van der Waals surface area contributed by atoms with Gasteiger partial charge in [0, 0.05) is 29.9 Å². The van der Waals surface area contributed by atoms with Gasteiger partial charge in [0.1, 0.15) is 11.5 Å². The summed E-state index contributed by atoms with van der Waals surface area (Å²) in [6, 6.07) is 17.9. The van der Waals surface area contributed by atoms with Gasteiger partial charge in [-0.2, -0.15) is 10.2 Å². The van der Waals surface area contributed by atoms with Gasteiger partial charge in [-0.15, -0.1) is 0 Å². The highest BCUT2D eigenvalue weighted by atomic mass is 19.1. The number of rotatable bonds is 7. The zero-order valence-corrected chi connectivity index (χ0v) is 23.2. The number of aromatic nitrogens is 5. The van der Waals surface area contributed by atoms with E-state index >= 15 is 0 Å². The van der Waals surface area contributed by atoms with Gasteiger partial charge in [0.15, 0.2) is 5.65 Å². The van der Waals surface area contributed by atoms with Crippen LogP contribution in [0, 0.1) is 19.7 Å². The lowest BCUT2D eigenvalue weighted by Gasteiger charge is -2.17. The molecule has 5 rings (SSSR count). The van der Waals surface area contributed by atoms with Crippen molar-refractivity contribution in [2.75, 3.05) is 0 Å². The zero-order valence-electron chi connectivity index (χ0n) is 23.2. The van der Waals surface area contributed by atoms with Crippen LogP contribution in [-0.4, -0.2) is 30.3 Å². The average molecular weight is 525 g/mol. The molecule has 3 aromatic heterocycles. The van der Waals surface area contributed by atoms with Gasteiger partial charge in [-0.25, -0.2) is 13.9 Å². The zero-order chi connectivity index (χ0) is 27.8. The van der Waals surface area contributed by atoms with E-state index in [0.29, 0.717) is 28.6 Å². The minimum absolute atomic E-state index is 0.218. The van der Waals surface area contributed by atoms with Gasteiger partial charge in [0.05, 0.1) is 23.1 Å². The van der Waals surface area contributed by atoms with Crippen LogP contribution in [0.2, 0.25) is 0 Å². The van der Waals surface area contributed by atoms with Crippen molar-refractivity contribution in [2.24, 2.45) is 7.05 Å². The number of halogens is 1. The fourth-order valence-electron chi connectivity index (χ4n) is 4.87. The van der Waals surface area contributed by atoms with Crippen LogP contribution in [-0.2, 0) is 7.05 Å². The molecule has 0 aliphatic carbocycles. The van der Waals surface area contributed by atoms with Crippen molar-refractivity contribution < 1.29 is 9.18 Å². The molecule has 7 nitrogen and oxygen atoms in total. The molecule has 3 heterocycles. The summed E-state index contributed by atoms with van der Waals surface area (Å²) in [7, 11) is 1.89. The van der Waals surface area contributed by atoms with E-state index in [1.165, 1.54) is 17.7 Å². The Morgan fingerprint density at radius 2 is 1.62 bits per heavy atom. The first-order valence-corrected chi connectivity index (χ1v) is 13.2. The summed E-state index contributed by atoms with van der Waals surface area (Å²) in [5, 5.41) is 12.4. The molecule has 0 saturated carbocycles. The third-order valence-corrected chi connectivity index (χ3v) is 7.53. The highest BCUT2D eigenvalue weighted by Crippen LogP contribution is 2.29. The largest absolute Gasteiger partial charge is 0.344 e. The molecule has 0 fully saturated rings. The number of amides is 1. The van der Waals surface area contributed by atoms with E-state index in [4.69, 9.17) is 4.98 Å². The number of hydrogen-bond donors (Lipinski definition) is 1. The van der Waals surface area contributed by atoms with Crippen LogP contribution in [0.25, 0.3) is 28.2 Å². The van der Waals surface area contributed by atoms with Gasteiger partial charge < -0.3 is 5.32 Å². The van der Waals surface area contributed by atoms with Crippen molar-refractivity contribution in [3.8, 4) is 22.5 Å². The van der Waals surface area contributed by atoms with Crippen LogP contribution in [0.1, 0.15) is 72.2 Å². The van der Waals surface area contributed by atoms with E-state index in [2.05, 4.69) is 53.6 Å². The van der Waals surface area contributed by atoms with Gasteiger partial charge >= 0.3 is 0 Å². The summed E-state index contributed by atoms with van der Waals surface area (Å²) in [4.78, 5) is 18.6. The second-order valence-electron chi connectivity index (χ2n) is 10.2. The Balaban J connectivity index is 1.56. The number of hydrogen-bond acceptors (Lipinski definition) is 4. The number of nitrogens with zero attached hydrogens (tertiary/aromatic N) is 5. The van der Waals surface area contributed by atoms with Gasteiger partial charge in [0.25, 0.3) is 5.91 Å². The first-order valence-electron chi connectivity index (χ1n) is 13.2. The van der Waals surface area contributed by atoms with Gasteiger partial charge in [-0.05, 0) is 74.6 Å². The molecular formula is C31H33FN6O. The predicted molar refractivity (Wildman–Crippen MR) is 151 cm³/mol. The number of nitrogens with one attached hydrogen (secondary N) is 1. The molecule has 2 atom stereocenters. The third kappa shape index (κ3) is 5.06. The Morgan fingerprint density at radius 1 is 0.949 bits per heavy atom. The molecule has 0 saturated heterocycles. The number of carbonyl (C=O) groups is 1. The Morgan fingerprint density at radius 3 is 2.23 bits per heavy atom. The summed E-state index contributed by atoms with van der Waals surface area (Å²) in [6.07, 6.45) is 1.08. The van der Waals surface area contributed by atoms with E-state index < -0.39 is 0 Å². The number of aryl methyl sites for hydroxylation is 2. The lowest BCUT2D eigenvalue weighted by atomic mass is 9.96. The molecular weight excluding hydrogens is 491 g/mol. The van der Waals surface area contributed by atoms with Crippen molar-refractivity contribution in [3.63, 3.8) is 0 Å². The molecule has 1 N–H and O–H groups in total. The summed E-state index contributed by atoms with van der Waals surface area (Å²) in [5.41, 5.74) is 7.81. The molecule has 0 aliphatic heterocycles. The molecule has 0 spiro atoms. The first-order chi connectivity index (χ1) is 18.7. The average Bonchev–Trinajstić information content (AvgIpc) is 3.47. The first kappa shape index (κ1) is 26.3. The summed E-state index contributed by atoms with van der Waals surface area (Å²) in [5.74, 6) is -0.103. The summed E-state index contributed by atoms with van der Waals surface area (Å²) < 4.78 is 16.9. The smallest absolute Gasteiger partial charge is 0.270 e. The monoisotopic (exact) mass is 524 g/mol. The van der Waals surface area contributed by atoms with Crippen molar-refractivity contribution >= 4 is 11.6 Å². The standard InChI is InChI=1S/C31H33FN6O/c1-7-18(2)22-8-10-23(11-9-22)19(3)33-31(39)28-16-27(30-20(4)35-37(6)21(30)5)34-29-17-26(36-38(28)29)24-12-14-25(32)15-13-24/h8-19H,7H2,1-6H3,(H,33,39)/t18-,19+/m1/s1. The number of carbonyl (C=O) groups excluding carboxylic acids is 1. The van der Waals surface area contributed by atoms with Crippen LogP contribution in [0.3, 0.4) is 0 Å². The Bertz CT molecular complexity index is 1650. The molecule has 2 aromatic carbocycles. The molecule has 0 unspecified atom stereocenters. The number of fused-ring (bicyclic) bond motifs is 1. The topological polar surface area (TPSA) is 77.1 Å². The lowest BCUT2D eigenvalue weighted by molar-refractivity contribution is 0.0932. The highest BCUT2D eigenvalue weighted by Gasteiger charge is 2.22. The van der Waals surface area contributed by atoms with Gasteiger partial charge in [-0.3, -0.25) is 9.48 Å². The van der Waals surface area contributed by atoms with Crippen LogP contribution >= 0.6 is 0 Å². The van der Waals surface area contributed by atoms with E-state index in [9.17, 15) is 9.18 Å². The molecule has 1 amide bonds. The summed E-state index contributed by atoms with van der Waals surface area (Å²) >= 11 is 0. The third-order valence-electron chi connectivity index (χ3n) is 7.53. The summed E-state index contributed by atoms with van der Waals surface area (Å²) in [6.45, 7) is 10.3. The van der Waals surface area contributed by atoms with Crippen LogP contribution in [0.15, 0.2) is 60.7 Å². The maximum absolute atomic E-state index is 13.7. The quantitative estimate of drug-likeness (QED) is 0.262. The van der Waals surface area contributed by atoms with E-state index in [-0.39, 0.29) is 17.8 Å². The molecule has 8 heteroatoms. The Labute approximate surface area is 227 Å². The molecule has 5 aromatic rings. The Hall–Kier alpha value is -4.33. The van der Waals surface area contributed by atoms with E-state index in [1.807, 2.05) is 38.6 Å². The fourth-order valence-corrected chi connectivity index (χ4v) is 4.87. The minimum atomic E-state index is -0.323. The SMILES string of the molecule is CC[C@@H](C)c1ccc([C@H](C)NC(=O)c2cc(-c3c(C)nn(C)c3C)nc3cc(-c4ccc(F)cc4)nn23)cc1. The molecule has 0 bridgehead atoms. The molecule has 39 heavy (non-hydrogen) atoms. The van der Waals surface area contributed by atoms with Crippen LogP contribution in [0.5, 0.6) is 0 Å². The van der Waals surface area contributed by atoms with Gasteiger partial charge in [0.2, 0.25) is 0 Å². The van der Waals surface area contributed by atoms with E-state index in [1.54, 1.807) is 22.7 Å². The van der Waals surface area contributed by atoms with Crippen LogP contribution in [0.4, 0.5) is 4.39 Å². The maximum Gasteiger partial charge on any atom is 0.270 e.